The first-order valence-electron chi connectivity index (χ1n) is 9.71. The molecule has 29 heavy (non-hydrogen) atoms. The largest absolute Gasteiger partial charge is 0.492 e. The van der Waals surface area contributed by atoms with Crippen molar-refractivity contribution < 1.29 is 14.3 Å². The Morgan fingerprint density at radius 1 is 1.10 bits per heavy atom. The van der Waals surface area contributed by atoms with Crippen molar-refractivity contribution in [2.45, 2.75) is 13.8 Å². The maximum atomic E-state index is 10.4. The highest BCUT2D eigenvalue weighted by Crippen LogP contribution is 2.22. The van der Waals surface area contributed by atoms with Crippen LogP contribution < -0.4 is 15.4 Å². The molecule has 2 N–H and O–H groups in total. The molecule has 0 aliphatic carbocycles. The van der Waals surface area contributed by atoms with Crippen molar-refractivity contribution in [3.8, 4) is 5.75 Å². The molecule has 0 aromatic heterocycles. The van der Waals surface area contributed by atoms with Crippen LogP contribution in [0.15, 0.2) is 36.4 Å². The summed E-state index contributed by atoms with van der Waals surface area (Å²) in [5.41, 5.74) is 4.02. The number of amides is 1. The number of aryl methyl sites for hydroxylation is 2. The maximum Gasteiger partial charge on any atom is 0.211 e. The highest BCUT2D eigenvalue weighted by atomic mass is 35.5. The molecule has 1 aliphatic rings. The monoisotopic (exact) mass is 419 g/mol. The van der Waals surface area contributed by atoms with Gasteiger partial charge in [-0.3, -0.25) is 9.69 Å². The van der Waals surface area contributed by atoms with E-state index >= 15 is 0 Å². The zero-order valence-corrected chi connectivity index (χ0v) is 18.1. The number of carbonyl (C=O) groups is 1. The highest BCUT2D eigenvalue weighted by Gasteiger charge is 2.10. The fourth-order valence-corrected chi connectivity index (χ4v) is 2.94. The second-order valence-electron chi connectivity index (χ2n) is 6.76. The van der Waals surface area contributed by atoms with E-state index in [9.17, 15) is 4.79 Å². The van der Waals surface area contributed by atoms with Gasteiger partial charge in [-0.05, 0) is 49.2 Å². The average molecular weight is 420 g/mol. The second-order valence-corrected chi connectivity index (χ2v) is 7.17. The molecule has 6 nitrogen and oxygen atoms in total. The van der Waals surface area contributed by atoms with E-state index in [0.29, 0.717) is 13.0 Å². The Kier molecular flexibility index (Phi) is 9.77. The predicted molar refractivity (Wildman–Crippen MR) is 119 cm³/mol. The summed E-state index contributed by atoms with van der Waals surface area (Å²) in [5, 5.41) is 6.48. The standard InChI is InChI=1S/C14H20N2O3.C8H10ClN/c1-12-2-3-13(15-11-17)10-14(12)19-9-6-16-4-7-18-8-5-16;1-6-5-7(10-2)3-4-8(6)9/h2-3,10-11H,4-9H2,1H3,(H,15,17);3-5,10H,1-2H3. The summed E-state index contributed by atoms with van der Waals surface area (Å²) in [6, 6.07) is 11.5. The van der Waals surface area contributed by atoms with Gasteiger partial charge in [0.1, 0.15) is 12.4 Å². The number of ether oxygens (including phenoxy) is 2. The Balaban J connectivity index is 0.000000253. The summed E-state index contributed by atoms with van der Waals surface area (Å²) in [6.45, 7) is 9.07. The number of hydrogen-bond acceptors (Lipinski definition) is 5. The Morgan fingerprint density at radius 2 is 1.83 bits per heavy atom. The summed E-state index contributed by atoms with van der Waals surface area (Å²) in [5.74, 6) is 0.820. The van der Waals surface area contributed by atoms with Crippen LogP contribution in [0.1, 0.15) is 11.1 Å². The molecule has 0 radical (unpaired) electrons. The van der Waals surface area contributed by atoms with Crippen LogP contribution in [-0.2, 0) is 9.53 Å². The lowest BCUT2D eigenvalue weighted by atomic mass is 10.2. The summed E-state index contributed by atoms with van der Waals surface area (Å²) >= 11 is 5.81. The van der Waals surface area contributed by atoms with Gasteiger partial charge in [0.05, 0.1) is 13.2 Å². The Labute approximate surface area is 178 Å². The van der Waals surface area contributed by atoms with Gasteiger partial charge in [0, 0.05) is 49.1 Å². The molecule has 0 spiro atoms. The first-order valence-corrected chi connectivity index (χ1v) is 10.1. The van der Waals surface area contributed by atoms with Crippen LogP contribution in [0.2, 0.25) is 5.02 Å². The minimum absolute atomic E-state index is 0.644. The number of morpholine rings is 1. The number of carbonyl (C=O) groups excluding carboxylic acids is 1. The molecular weight excluding hydrogens is 390 g/mol. The number of benzene rings is 2. The van der Waals surface area contributed by atoms with Crippen molar-refractivity contribution in [2.75, 3.05) is 57.1 Å². The lowest BCUT2D eigenvalue weighted by molar-refractivity contribution is -0.105. The Bertz CT molecular complexity index is 780. The third-order valence-electron chi connectivity index (χ3n) is 4.63. The molecular formula is C22H30ClN3O3. The number of halogens is 1. The smallest absolute Gasteiger partial charge is 0.211 e. The molecule has 2 aromatic rings. The van der Waals surface area contributed by atoms with Crippen LogP contribution >= 0.6 is 11.6 Å². The summed E-state index contributed by atoms with van der Waals surface area (Å²) < 4.78 is 11.1. The van der Waals surface area contributed by atoms with Gasteiger partial charge in [-0.15, -0.1) is 0 Å². The SMILES string of the molecule is CNc1ccc(Cl)c(C)c1.Cc1ccc(NC=O)cc1OCCN1CCOCC1. The first kappa shape index (κ1) is 23.0. The normalized spacial score (nSPS) is 13.8. The van der Waals surface area contributed by atoms with Crippen LogP contribution in [0.5, 0.6) is 5.75 Å². The van der Waals surface area contributed by atoms with Gasteiger partial charge < -0.3 is 20.1 Å². The van der Waals surface area contributed by atoms with E-state index in [1.165, 1.54) is 0 Å². The van der Waals surface area contributed by atoms with Crippen LogP contribution in [0.4, 0.5) is 11.4 Å². The fraction of sp³-hybridized carbons (Fsp3) is 0.409. The minimum Gasteiger partial charge on any atom is -0.492 e. The first-order chi connectivity index (χ1) is 14.0. The van der Waals surface area contributed by atoms with Crippen molar-refractivity contribution >= 4 is 29.4 Å². The molecule has 1 aliphatic heterocycles. The predicted octanol–water partition coefficient (Wildman–Crippen LogP) is 3.96. The van der Waals surface area contributed by atoms with Gasteiger partial charge in [0.2, 0.25) is 6.41 Å². The van der Waals surface area contributed by atoms with Gasteiger partial charge in [-0.1, -0.05) is 17.7 Å². The van der Waals surface area contributed by atoms with Gasteiger partial charge in [-0.25, -0.2) is 0 Å². The minimum atomic E-state index is 0.644. The van der Waals surface area contributed by atoms with Crippen molar-refractivity contribution in [2.24, 2.45) is 0 Å². The zero-order valence-electron chi connectivity index (χ0n) is 17.3. The fourth-order valence-electron chi connectivity index (χ4n) is 2.82. The van der Waals surface area contributed by atoms with Gasteiger partial charge in [-0.2, -0.15) is 0 Å². The summed E-state index contributed by atoms with van der Waals surface area (Å²) in [7, 11) is 1.89. The third kappa shape index (κ3) is 7.93. The van der Waals surface area contributed by atoms with E-state index in [4.69, 9.17) is 21.1 Å². The Morgan fingerprint density at radius 3 is 2.48 bits per heavy atom. The van der Waals surface area contributed by atoms with Crippen molar-refractivity contribution in [3.63, 3.8) is 0 Å². The van der Waals surface area contributed by atoms with Crippen LogP contribution in [0.3, 0.4) is 0 Å². The molecule has 1 heterocycles. The van der Waals surface area contributed by atoms with E-state index in [1.54, 1.807) is 0 Å². The van der Waals surface area contributed by atoms with E-state index in [2.05, 4.69) is 15.5 Å². The molecule has 0 atom stereocenters. The molecule has 0 unspecified atom stereocenters. The third-order valence-corrected chi connectivity index (χ3v) is 5.05. The lowest BCUT2D eigenvalue weighted by Crippen LogP contribution is -2.38. The zero-order chi connectivity index (χ0) is 21.1. The molecule has 1 saturated heterocycles. The average Bonchev–Trinajstić information content (AvgIpc) is 2.74. The Hall–Kier alpha value is -2.28. The van der Waals surface area contributed by atoms with Gasteiger partial charge >= 0.3 is 0 Å². The number of anilines is 2. The second kappa shape index (κ2) is 12.3. The molecule has 158 valence electrons. The molecule has 2 aromatic carbocycles. The van der Waals surface area contributed by atoms with E-state index in [0.717, 1.165) is 66.1 Å². The number of nitrogens with one attached hydrogen (secondary N) is 2. The van der Waals surface area contributed by atoms with Crippen molar-refractivity contribution in [1.29, 1.82) is 0 Å². The van der Waals surface area contributed by atoms with Gasteiger partial charge in [0.15, 0.2) is 0 Å². The lowest BCUT2D eigenvalue weighted by Gasteiger charge is -2.26. The quantitative estimate of drug-likeness (QED) is 0.665. The summed E-state index contributed by atoms with van der Waals surface area (Å²) in [4.78, 5) is 12.7. The molecule has 0 bridgehead atoms. The highest BCUT2D eigenvalue weighted by molar-refractivity contribution is 6.31. The van der Waals surface area contributed by atoms with Crippen molar-refractivity contribution in [1.82, 2.24) is 4.90 Å². The van der Waals surface area contributed by atoms with Gasteiger partial charge in [0.25, 0.3) is 0 Å². The van der Waals surface area contributed by atoms with E-state index in [-0.39, 0.29) is 0 Å². The summed E-state index contributed by atoms with van der Waals surface area (Å²) in [6.07, 6.45) is 0.669. The topological polar surface area (TPSA) is 62.8 Å². The molecule has 7 heteroatoms. The number of rotatable bonds is 7. The molecule has 1 fully saturated rings. The molecule has 1 amide bonds. The maximum absolute atomic E-state index is 10.4. The van der Waals surface area contributed by atoms with E-state index < -0.39 is 0 Å². The number of nitrogens with zero attached hydrogens (tertiary/aromatic N) is 1. The molecule has 0 saturated carbocycles. The van der Waals surface area contributed by atoms with Crippen molar-refractivity contribution in [3.05, 3.63) is 52.5 Å². The van der Waals surface area contributed by atoms with Crippen LogP contribution in [0.25, 0.3) is 0 Å². The van der Waals surface area contributed by atoms with Crippen LogP contribution in [0, 0.1) is 13.8 Å². The van der Waals surface area contributed by atoms with Crippen LogP contribution in [-0.4, -0.2) is 57.8 Å². The number of hydrogen-bond donors (Lipinski definition) is 2. The van der Waals surface area contributed by atoms with E-state index in [1.807, 2.05) is 57.3 Å². The molecule has 3 rings (SSSR count).